The molecular formula is C31H36Cl3N5O5. The number of benzene rings is 2. The third-order valence-electron chi connectivity index (χ3n) is 8.09. The number of nitrogens with two attached hydrogens (primary N) is 1. The lowest BCUT2D eigenvalue weighted by Crippen LogP contribution is -2.67. The van der Waals surface area contributed by atoms with E-state index in [2.05, 4.69) is 15.6 Å². The van der Waals surface area contributed by atoms with Gasteiger partial charge in [0, 0.05) is 28.2 Å². The molecule has 0 bridgehead atoms. The van der Waals surface area contributed by atoms with E-state index in [0.717, 1.165) is 4.90 Å². The van der Waals surface area contributed by atoms with E-state index in [1.165, 1.54) is 0 Å². The predicted molar refractivity (Wildman–Crippen MR) is 171 cm³/mol. The molecule has 4 amide bonds. The van der Waals surface area contributed by atoms with Gasteiger partial charge >= 0.3 is 6.09 Å². The van der Waals surface area contributed by atoms with Gasteiger partial charge in [0.2, 0.25) is 17.7 Å². The molecule has 1 aliphatic rings. The van der Waals surface area contributed by atoms with Gasteiger partial charge in [-0.3, -0.25) is 19.3 Å². The van der Waals surface area contributed by atoms with Crippen LogP contribution in [0, 0.1) is 11.8 Å². The smallest absolute Gasteiger partial charge is 0.408 e. The van der Waals surface area contributed by atoms with Crippen molar-refractivity contribution < 1.29 is 24.3 Å². The van der Waals surface area contributed by atoms with Crippen LogP contribution in [0.15, 0.2) is 42.5 Å². The maximum absolute atomic E-state index is 14.3. The van der Waals surface area contributed by atoms with Crippen LogP contribution in [0.5, 0.6) is 0 Å². The molecule has 4 rings (SSSR count). The molecule has 44 heavy (non-hydrogen) atoms. The maximum Gasteiger partial charge on any atom is 0.408 e. The lowest BCUT2D eigenvalue weighted by Gasteiger charge is -2.43. The van der Waals surface area contributed by atoms with Crippen molar-refractivity contribution in [2.45, 2.75) is 70.1 Å². The van der Waals surface area contributed by atoms with Crippen molar-refractivity contribution in [2.24, 2.45) is 17.6 Å². The molecular weight excluding hydrogens is 629 g/mol. The highest BCUT2D eigenvalue weighted by Gasteiger charge is 2.53. The number of aromatic nitrogens is 1. The minimum absolute atomic E-state index is 0.0318. The summed E-state index contributed by atoms with van der Waals surface area (Å²) in [6.45, 7) is 6.84. The summed E-state index contributed by atoms with van der Waals surface area (Å²) in [6, 6.07) is 9.91. The molecule has 2 aromatic carbocycles. The van der Waals surface area contributed by atoms with E-state index in [1.54, 1.807) is 64.1 Å². The summed E-state index contributed by atoms with van der Waals surface area (Å²) < 4.78 is 0. The molecule has 236 valence electrons. The first-order valence-corrected chi connectivity index (χ1v) is 15.5. The zero-order valence-electron chi connectivity index (χ0n) is 24.8. The van der Waals surface area contributed by atoms with Crippen molar-refractivity contribution in [1.82, 2.24) is 20.5 Å². The molecule has 13 heteroatoms. The third-order valence-corrected chi connectivity index (χ3v) is 9.20. The van der Waals surface area contributed by atoms with Gasteiger partial charge in [-0.1, -0.05) is 81.2 Å². The number of primary amides is 1. The van der Waals surface area contributed by atoms with Gasteiger partial charge in [0.05, 0.1) is 15.9 Å². The summed E-state index contributed by atoms with van der Waals surface area (Å²) in [4.78, 5) is 57.6. The molecule has 10 nitrogen and oxygen atoms in total. The molecule has 0 radical (unpaired) electrons. The van der Waals surface area contributed by atoms with Gasteiger partial charge in [0.25, 0.3) is 0 Å². The summed E-state index contributed by atoms with van der Waals surface area (Å²) in [6.07, 6.45) is -0.995. The number of carbonyl (C=O) groups is 4. The summed E-state index contributed by atoms with van der Waals surface area (Å²) in [5.41, 5.74) is 6.31. The molecule has 6 N–H and O–H groups in total. The first kappa shape index (κ1) is 33.4. The van der Waals surface area contributed by atoms with Gasteiger partial charge in [0.1, 0.15) is 17.6 Å². The maximum atomic E-state index is 14.3. The van der Waals surface area contributed by atoms with Crippen molar-refractivity contribution in [1.29, 1.82) is 0 Å². The molecule has 1 aromatic heterocycles. The minimum Gasteiger partial charge on any atom is -0.465 e. The van der Waals surface area contributed by atoms with Crippen LogP contribution in [-0.4, -0.2) is 56.4 Å². The molecule has 0 fully saturated rings. The normalized spacial score (nSPS) is 19.3. The fraction of sp³-hybridized carbons (Fsp3) is 0.419. The average molecular weight is 665 g/mol. The van der Waals surface area contributed by atoms with Crippen LogP contribution < -0.4 is 16.4 Å². The monoisotopic (exact) mass is 663 g/mol. The number of hydrogen-bond acceptors (Lipinski definition) is 4. The molecule has 3 aromatic rings. The Morgan fingerprint density at radius 2 is 1.75 bits per heavy atom. The summed E-state index contributed by atoms with van der Waals surface area (Å²) in [5, 5.41) is 15.9. The van der Waals surface area contributed by atoms with Crippen LogP contribution in [0.25, 0.3) is 10.9 Å². The van der Waals surface area contributed by atoms with E-state index >= 15 is 0 Å². The summed E-state index contributed by atoms with van der Waals surface area (Å²) in [7, 11) is 0. The fourth-order valence-electron chi connectivity index (χ4n) is 5.89. The first-order chi connectivity index (χ1) is 20.7. The van der Waals surface area contributed by atoms with Gasteiger partial charge < -0.3 is 26.5 Å². The predicted octanol–water partition coefficient (Wildman–Crippen LogP) is 5.39. The number of rotatable bonds is 10. The number of aromatic amines is 1. The van der Waals surface area contributed by atoms with E-state index in [9.17, 15) is 24.3 Å². The Kier molecular flexibility index (Phi) is 10.1. The zero-order valence-corrected chi connectivity index (χ0v) is 27.1. The Bertz CT molecular complexity index is 1580. The van der Waals surface area contributed by atoms with Crippen LogP contribution in [0.3, 0.4) is 0 Å². The number of nitrogens with zero attached hydrogens (tertiary/aromatic N) is 1. The molecule has 0 spiro atoms. The van der Waals surface area contributed by atoms with E-state index in [0.29, 0.717) is 37.8 Å². The molecule has 0 saturated heterocycles. The SMILES string of the molecule is CC(C)[C@H](NC(=O)[C@]1(NC(=O)[C@H](C(C)C)N(Cc2ccccc2)C(=O)O)CCc2[nH]c3c(Cl)cc(Cl)cc3c2C1Cl)C(N)=O. The van der Waals surface area contributed by atoms with Crippen molar-refractivity contribution in [2.75, 3.05) is 0 Å². The zero-order chi connectivity index (χ0) is 32.5. The van der Waals surface area contributed by atoms with Crippen LogP contribution in [0.4, 0.5) is 4.79 Å². The lowest BCUT2D eigenvalue weighted by molar-refractivity contribution is -0.139. The van der Waals surface area contributed by atoms with E-state index in [1.807, 2.05) is 6.07 Å². The number of alkyl halides is 1. The van der Waals surface area contributed by atoms with Crippen molar-refractivity contribution >= 4 is 69.5 Å². The van der Waals surface area contributed by atoms with Gasteiger partial charge in [-0.05, 0) is 42.4 Å². The van der Waals surface area contributed by atoms with E-state index < -0.39 is 52.7 Å². The molecule has 0 saturated carbocycles. The van der Waals surface area contributed by atoms with Gasteiger partial charge in [0.15, 0.2) is 0 Å². The number of H-pyrrole nitrogens is 1. The third kappa shape index (κ3) is 6.48. The highest BCUT2D eigenvalue weighted by atomic mass is 35.5. The minimum atomic E-state index is -1.80. The highest BCUT2D eigenvalue weighted by Crippen LogP contribution is 2.47. The Balaban J connectivity index is 1.81. The van der Waals surface area contributed by atoms with Gasteiger partial charge in [-0.2, -0.15) is 0 Å². The number of halogens is 3. The Morgan fingerprint density at radius 1 is 1.09 bits per heavy atom. The van der Waals surface area contributed by atoms with Crippen molar-refractivity contribution in [3.8, 4) is 0 Å². The van der Waals surface area contributed by atoms with Gasteiger partial charge in [-0.25, -0.2) is 4.79 Å². The number of hydrogen-bond donors (Lipinski definition) is 5. The van der Waals surface area contributed by atoms with Crippen LogP contribution >= 0.6 is 34.8 Å². The first-order valence-electron chi connectivity index (χ1n) is 14.3. The molecule has 1 heterocycles. The molecule has 0 aliphatic heterocycles. The largest absolute Gasteiger partial charge is 0.465 e. The molecule has 4 atom stereocenters. The van der Waals surface area contributed by atoms with Gasteiger partial charge in [-0.15, -0.1) is 11.6 Å². The standard InChI is InChI=1S/C31H36Cl3N5O5/c1-15(2)23(27(35)40)37-29(42)31(11-10-21-22(26(31)34)19-12-18(32)13-20(33)24(19)36-21)38-28(41)25(16(3)4)39(30(43)44)14-17-8-6-5-7-9-17/h5-9,12-13,15-16,23,25-26,36H,10-11,14H2,1-4H3,(H2,35,40)(H,37,42)(H,38,41)(H,43,44)/t23-,25-,26?,31-/m0/s1. The average Bonchev–Trinajstić information content (AvgIpc) is 3.32. The Labute approximate surface area is 270 Å². The highest BCUT2D eigenvalue weighted by molar-refractivity contribution is 6.38. The van der Waals surface area contributed by atoms with Crippen molar-refractivity contribution in [3.63, 3.8) is 0 Å². The number of carboxylic acid groups (broad SMARTS) is 1. The van der Waals surface area contributed by atoms with Crippen LogP contribution in [0.2, 0.25) is 10.0 Å². The van der Waals surface area contributed by atoms with E-state index in [4.69, 9.17) is 40.5 Å². The second kappa shape index (κ2) is 13.3. The second-order valence-corrected chi connectivity index (χ2v) is 13.1. The number of amides is 4. The topological polar surface area (TPSA) is 158 Å². The Hall–Kier alpha value is -3.47. The second-order valence-electron chi connectivity index (χ2n) is 11.8. The summed E-state index contributed by atoms with van der Waals surface area (Å²) in [5.74, 6) is -3.02. The van der Waals surface area contributed by atoms with Crippen molar-refractivity contribution in [3.05, 3.63) is 69.3 Å². The van der Waals surface area contributed by atoms with E-state index in [-0.39, 0.29) is 25.3 Å². The molecule has 1 aliphatic carbocycles. The molecule has 1 unspecified atom stereocenters. The Morgan fingerprint density at radius 3 is 2.32 bits per heavy atom. The number of fused-ring (bicyclic) bond motifs is 3. The number of aryl methyl sites for hydroxylation is 1. The quantitative estimate of drug-likeness (QED) is 0.184. The number of nitrogens with one attached hydrogen (secondary N) is 3. The van der Waals surface area contributed by atoms with Crippen LogP contribution in [0.1, 0.15) is 56.3 Å². The van der Waals surface area contributed by atoms with Crippen LogP contribution in [-0.2, 0) is 27.3 Å². The lowest BCUT2D eigenvalue weighted by atomic mass is 9.77. The summed E-state index contributed by atoms with van der Waals surface area (Å²) >= 11 is 20.0. The number of carbonyl (C=O) groups excluding carboxylic acids is 3. The fourth-order valence-corrected chi connectivity index (χ4v) is 6.94.